The molecule has 18 heavy (non-hydrogen) atoms. The molecule has 0 amide bonds. The molecule has 0 bridgehead atoms. The minimum absolute atomic E-state index is 0.107. The van der Waals surface area contributed by atoms with Crippen molar-refractivity contribution in [2.45, 2.75) is 18.6 Å². The largest absolute Gasteiger partial charge is 0.241 e. The molecule has 0 aliphatic rings. The number of nitrogens with zero attached hydrogens (tertiary/aromatic N) is 2. The van der Waals surface area contributed by atoms with Crippen molar-refractivity contribution in [1.29, 1.82) is 0 Å². The van der Waals surface area contributed by atoms with Crippen LogP contribution in [0.1, 0.15) is 19.5 Å². The van der Waals surface area contributed by atoms with Crippen molar-refractivity contribution < 1.29 is 8.78 Å². The maximum atomic E-state index is 13.2. The Balaban J connectivity index is 2.38. The zero-order chi connectivity index (χ0) is 13.3. The molecular formula is C13H14F2N2S. The molecule has 1 heterocycles. The van der Waals surface area contributed by atoms with Crippen molar-refractivity contribution in [1.82, 2.24) is 9.78 Å². The fraction of sp³-hybridized carbons (Fsp3) is 0.308. The highest BCUT2D eigenvalue weighted by molar-refractivity contribution is 7.99. The van der Waals surface area contributed by atoms with Gasteiger partial charge in [-0.15, -0.1) is 0 Å². The summed E-state index contributed by atoms with van der Waals surface area (Å²) in [5.74, 6) is -1.72. The third-order valence-electron chi connectivity index (χ3n) is 2.88. The van der Waals surface area contributed by atoms with Gasteiger partial charge in [0.25, 0.3) is 0 Å². The minimum Gasteiger partial charge on any atom is -0.241 e. The highest BCUT2D eigenvalue weighted by atomic mass is 32.2. The maximum Gasteiger partial charge on any atom is 0.160 e. The average Bonchev–Trinajstić information content (AvgIpc) is 2.83. The Kier molecular flexibility index (Phi) is 3.43. The van der Waals surface area contributed by atoms with Crippen LogP contribution in [0.15, 0.2) is 30.5 Å². The number of hydrogen-bond donors (Lipinski definition) is 0. The third-order valence-corrected chi connectivity index (χ3v) is 4.11. The van der Waals surface area contributed by atoms with Crippen LogP contribution in [0.2, 0.25) is 0 Å². The lowest BCUT2D eigenvalue weighted by molar-refractivity contribution is 0.507. The van der Waals surface area contributed by atoms with Gasteiger partial charge in [0, 0.05) is 12.3 Å². The van der Waals surface area contributed by atoms with Crippen LogP contribution in [-0.4, -0.2) is 16.0 Å². The number of benzene rings is 1. The summed E-state index contributed by atoms with van der Waals surface area (Å²) in [4.78, 5) is 0. The molecule has 0 spiro atoms. The molecule has 96 valence electrons. The van der Waals surface area contributed by atoms with Gasteiger partial charge in [-0.1, -0.05) is 0 Å². The zero-order valence-corrected chi connectivity index (χ0v) is 11.3. The quantitative estimate of drug-likeness (QED) is 0.843. The molecule has 0 saturated heterocycles. The molecule has 2 nitrogen and oxygen atoms in total. The van der Waals surface area contributed by atoms with E-state index in [1.807, 2.05) is 12.3 Å². The molecular weight excluding hydrogens is 254 g/mol. The highest BCUT2D eigenvalue weighted by Crippen LogP contribution is 2.32. The predicted molar refractivity (Wildman–Crippen MR) is 70.0 cm³/mol. The first kappa shape index (κ1) is 13.1. The molecule has 0 radical (unpaired) electrons. The summed E-state index contributed by atoms with van der Waals surface area (Å²) in [7, 11) is 0. The minimum atomic E-state index is -0.867. The maximum absolute atomic E-state index is 13.2. The summed E-state index contributed by atoms with van der Waals surface area (Å²) in [6, 6.07) is 5.63. The zero-order valence-electron chi connectivity index (χ0n) is 10.4. The van der Waals surface area contributed by atoms with Crippen molar-refractivity contribution in [3.05, 3.63) is 47.8 Å². The van der Waals surface area contributed by atoms with Crippen LogP contribution in [0.3, 0.4) is 0 Å². The van der Waals surface area contributed by atoms with Crippen LogP contribution in [0, 0.1) is 11.6 Å². The van der Waals surface area contributed by atoms with Gasteiger partial charge in [-0.25, -0.2) is 13.5 Å². The molecule has 0 unspecified atom stereocenters. The van der Waals surface area contributed by atoms with E-state index in [0.717, 1.165) is 17.8 Å². The third kappa shape index (κ3) is 2.41. The summed E-state index contributed by atoms with van der Waals surface area (Å²) in [5, 5.41) is 4.40. The first-order valence-corrected chi connectivity index (χ1v) is 6.73. The predicted octanol–water partition coefficient (Wildman–Crippen LogP) is 3.75. The van der Waals surface area contributed by atoms with Gasteiger partial charge >= 0.3 is 0 Å². The summed E-state index contributed by atoms with van der Waals surface area (Å²) in [6.45, 7) is 4.13. The van der Waals surface area contributed by atoms with E-state index < -0.39 is 11.6 Å². The van der Waals surface area contributed by atoms with Gasteiger partial charge in [0.05, 0.1) is 16.1 Å². The number of hydrogen-bond acceptors (Lipinski definition) is 2. The first-order valence-electron chi connectivity index (χ1n) is 5.51. The summed E-state index contributed by atoms with van der Waals surface area (Å²) in [6.07, 6.45) is 3.76. The molecule has 0 aliphatic carbocycles. The molecule has 0 aliphatic heterocycles. The monoisotopic (exact) mass is 268 g/mol. The Morgan fingerprint density at radius 2 is 1.89 bits per heavy atom. The fourth-order valence-electron chi connectivity index (χ4n) is 1.52. The molecule has 2 rings (SSSR count). The Morgan fingerprint density at radius 3 is 2.50 bits per heavy atom. The Bertz CT molecular complexity index is 564. The van der Waals surface area contributed by atoms with E-state index >= 15 is 0 Å². The summed E-state index contributed by atoms with van der Waals surface area (Å²) >= 11 is 1.68. The molecule has 0 N–H and O–H groups in total. The lowest BCUT2D eigenvalue weighted by Gasteiger charge is -2.18. The Hall–Kier alpha value is -1.36. The van der Waals surface area contributed by atoms with Crippen molar-refractivity contribution in [3.8, 4) is 5.69 Å². The average molecular weight is 268 g/mol. The summed E-state index contributed by atoms with van der Waals surface area (Å²) < 4.78 is 27.5. The topological polar surface area (TPSA) is 17.8 Å². The second-order valence-corrected chi connectivity index (χ2v) is 5.89. The van der Waals surface area contributed by atoms with Gasteiger partial charge in [-0.3, -0.25) is 0 Å². The molecule has 2 aromatic rings. The van der Waals surface area contributed by atoms with E-state index in [2.05, 4.69) is 18.9 Å². The second-order valence-electron chi connectivity index (χ2n) is 4.46. The van der Waals surface area contributed by atoms with Crippen molar-refractivity contribution in [3.63, 3.8) is 0 Å². The van der Waals surface area contributed by atoms with E-state index in [-0.39, 0.29) is 4.75 Å². The van der Waals surface area contributed by atoms with E-state index in [9.17, 15) is 8.78 Å². The Labute approximate surface area is 109 Å². The lowest BCUT2D eigenvalue weighted by atomic mass is 10.1. The molecule has 0 saturated carbocycles. The molecule has 0 fully saturated rings. The smallest absolute Gasteiger partial charge is 0.160 e. The van der Waals surface area contributed by atoms with Crippen LogP contribution >= 0.6 is 11.8 Å². The van der Waals surface area contributed by atoms with Crippen molar-refractivity contribution >= 4 is 11.8 Å². The van der Waals surface area contributed by atoms with Crippen LogP contribution in [-0.2, 0) is 4.75 Å². The van der Waals surface area contributed by atoms with Crippen LogP contribution in [0.25, 0.3) is 5.69 Å². The van der Waals surface area contributed by atoms with Gasteiger partial charge in [-0.2, -0.15) is 16.9 Å². The molecule has 1 aromatic carbocycles. The molecule has 1 aromatic heterocycles. The van der Waals surface area contributed by atoms with E-state index in [1.165, 1.54) is 6.07 Å². The highest BCUT2D eigenvalue weighted by Gasteiger charge is 2.22. The number of halogens is 2. The SMILES string of the molecule is CSC(C)(C)c1ccn(-c2ccc(F)c(F)c2)n1. The van der Waals surface area contributed by atoms with Gasteiger partial charge in [0.1, 0.15) is 0 Å². The van der Waals surface area contributed by atoms with Gasteiger partial charge in [-0.05, 0) is 38.3 Å². The normalized spacial score (nSPS) is 11.8. The number of aromatic nitrogens is 2. The number of rotatable bonds is 3. The summed E-state index contributed by atoms with van der Waals surface area (Å²) in [5.41, 5.74) is 1.41. The van der Waals surface area contributed by atoms with Crippen LogP contribution in [0.5, 0.6) is 0 Å². The molecule has 0 atom stereocenters. The fourth-order valence-corrected chi connectivity index (χ4v) is 1.84. The van der Waals surface area contributed by atoms with Gasteiger partial charge in [0.2, 0.25) is 0 Å². The van der Waals surface area contributed by atoms with Crippen molar-refractivity contribution in [2.75, 3.05) is 6.26 Å². The number of thioether (sulfide) groups is 1. The van der Waals surface area contributed by atoms with Crippen LogP contribution in [0.4, 0.5) is 8.78 Å². The van der Waals surface area contributed by atoms with Crippen LogP contribution < -0.4 is 0 Å². The first-order chi connectivity index (χ1) is 8.44. The van der Waals surface area contributed by atoms with E-state index in [0.29, 0.717) is 5.69 Å². The molecule has 5 heteroatoms. The van der Waals surface area contributed by atoms with Gasteiger partial charge < -0.3 is 0 Å². The van der Waals surface area contributed by atoms with E-state index in [1.54, 1.807) is 22.6 Å². The Morgan fingerprint density at radius 1 is 1.17 bits per heavy atom. The van der Waals surface area contributed by atoms with Crippen molar-refractivity contribution in [2.24, 2.45) is 0 Å². The standard InChI is InChI=1S/C13H14F2N2S/c1-13(2,18-3)12-6-7-17(16-12)9-4-5-10(14)11(15)8-9/h4-8H,1-3H3. The second kappa shape index (κ2) is 4.72. The van der Waals surface area contributed by atoms with Gasteiger partial charge in [0.15, 0.2) is 11.6 Å². The lowest BCUT2D eigenvalue weighted by Crippen LogP contribution is -2.12. The van der Waals surface area contributed by atoms with E-state index in [4.69, 9.17) is 0 Å².